The summed E-state index contributed by atoms with van der Waals surface area (Å²) in [6.45, 7) is 1.85. The van der Waals surface area contributed by atoms with Gasteiger partial charge in [0, 0.05) is 13.2 Å². The molecule has 0 atom stereocenters. The summed E-state index contributed by atoms with van der Waals surface area (Å²) >= 11 is 1.39. The molecule has 0 bridgehead atoms. The van der Waals surface area contributed by atoms with E-state index in [9.17, 15) is 4.79 Å². The topological polar surface area (TPSA) is 88.5 Å². The molecule has 0 fully saturated rings. The number of hydrogen-bond donors (Lipinski definition) is 2. The Balaban J connectivity index is 2.04. The van der Waals surface area contributed by atoms with Crippen LogP contribution < -0.4 is 10.9 Å². The second-order valence-corrected chi connectivity index (χ2v) is 5.01. The maximum Gasteiger partial charge on any atom is 0.279 e. The second-order valence-electron chi connectivity index (χ2n) is 3.83. The zero-order chi connectivity index (χ0) is 12.7. The Kier molecular flexibility index (Phi) is 2.37. The van der Waals surface area contributed by atoms with Gasteiger partial charge in [-0.3, -0.25) is 14.5 Å². The zero-order valence-corrected chi connectivity index (χ0v) is 10.6. The number of rotatable bonds is 2. The van der Waals surface area contributed by atoms with Gasteiger partial charge in [0.05, 0.1) is 16.9 Å². The van der Waals surface area contributed by atoms with Gasteiger partial charge >= 0.3 is 0 Å². The molecule has 3 aromatic heterocycles. The fourth-order valence-electron chi connectivity index (χ4n) is 1.62. The van der Waals surface area contributed by atoms with E-state index in [0.29, 0.717) is 16.3 Å². The van der Waals surface area contributed by atoms with Crippen LogP contribution in [0.25, 0.3) is 10.3 Å². The van der Waals surface area contributed by atoms with E-state index in [1.165, 1.54) is 11.3 Å². The lowest BCUT2D eigenvalue weighted by Gasteiger charge is -2.00. The third-order valence-corrected chi connectivity index (χ3v) is 3.21. The van der Waals surface area contributed by atoms with Gasteiger partial charge in [0.1, 0.15) is 0 Å². The van der Waals surface area contributed by atoms with Crippen molar-refractivity contribution in [3.05, 3.63) is 27.8 Å². The maximum atomic E-state index is 11.8. The van der Waals surface area contributed by atoms with Crippen LogP contribution in [0.15, 0.2) is 17.2 Å². The number of H-pyrrole nitrogens is 1. The molecule has 8 heteroatoms. The predicted octanol–water partition coefficient (Wildman–Crippen LogP) is 1.17. The number of anilines is 2. The molecular weight excluding hydrogens is 252 g/mol. The summed E-state index contributed by atoms with van der Waals surface area (Å²) in [6, 6.07) is 0. The van der Waals surface area contributed by atoms with E-state index >= 15 is 0 Å². The lowest BCUT2D eigenvalue weighted by atomic mass is 10.5. The Labute approximate surface area is 106 Å². The Hall–Kier alpha value is -2.22. The summed E-state index contributed by atoms with van der Waals surface area (Å²) < 4.78 is 1.66. The molecule has 92 valence electrons. The first kappa shape index (κ1) is 10.9. The fourth-order valence-corrected chi connectivity index (χ4v) is 2.41. The number of hydrogen-bond acceptors (Lipinski definition) is 6. The van der Waals surface area contributed by atoms with Crippen molar-refractivity contribution in [3.8, 4) is 0 Å². The molecule has 18 heavy (non-hydrogen) atoms. The zero-order valence-electron chi connectivity index (χ0n) is 9.76. The number of nitrogens with one attached hydrogen (secondary N) is 2. The number of aryl methyl sites for hydroxylation is 2. The van der Waals surface area contributed by atoms with E-state index in [0.717, 1.165) is 10.7 Å². The Bertz CT molecular complexity index is 770. The largest absolute Gasteiger partial charge is 0.323 e. The van der Waals surface area contributed by atoms with Crippen molar-refractivity contribution in [1.29, 1.82) is 0 Å². The summed E-state index contributed by atoms with van der Waals surface area (Å²) in [7, 11) is 1.82. The number of nitrogens with zero attached hydrogens (tertiary/aromatic N) is 4. The van der Waals surface area contributed by atoms with Crippen LogP contribution in [0.1, 0.15) is 5.01 Å². The first-order valence-corrected chi connectivity index (χ1v) is 6.06. The molecule has 3 aromatic rings. The minimum Gasteiger partial charge on any atom is -0.323 e. The van der Waals surface area contributed by atoms with Gasteiger partial charge in [-0.1, -0.05) is 11.3 Å². The van der Waals surface area contributed by atoms with E-state index in [2.05, 4.69) is 25.4 Å². The Morgan fingerprint density at radius 3 is 3.00 bits per heavy atom. The first-order chi connectivity index (χ1) is 8.61. The number of aromatic nitrogens is 5. The summed E-state index contributed by atoms with van der Waals surface area (Å²) in [6.07, 6.45) is 3.45. The SMILES string of the molecule is Cc1nc2c(=O)[nH]c(Nc3cnn(C)c3)nc2s1. The van der Waals surface area contributed by atoms with Crippen molar-refractivity contribution < 1.29 is 0 Å². The Morgan fingerprint density at radius 2 is 2.28 bits per heavy atom. The second kappa shape index (κ2) is 3.91. The van der Waals surface area contributed by atoms with Gasteiger partial charge in [0.2, 0.25) is 5.95 Å². The molecule has 0 aromatic carbocycles. The highest BCUT2D eigenvalue weighted by molar-refractivity contribution is 7.18. The lowest BCUT2D eigenvalue weighted by Crippen LogP contribution is -2.10. The van der Waals surface area contributed by atoms with E-state index in [1.54, 1.807) is 17.1 Å². The summed E-state index contributed by atoms with van der Waals surface area (Å²) in [5.74, 6) is 0.393. The number of thiazole rings is 1. The van der Waals surface area contributed by atoms with Gasteiger partial charge in [-0.2, -0.15) is 5.10 Å². The predicted molar refractivity (Wildman–Crippen MR) is 69.3 cm³/mol. The third-order valence-electron chi connectivity index (χ3n) is 2.34. The van der Waals surface area contributed by atoms with Gasteiger partial charge in [-0.25, -0.2) is 9.97 Å². The van der Waals surface area contributed by atoms with Crippen molar-refractivity contribution >= 4 is 33.3 Å². The molecule has 3 rings (SSSR count). The molecule has 2 N–H and O–H groups in total. The highest BCUT2D eigenvalue weighted by Crippen LogP contribution is 2.18. The molecule has 0 aliphatic heterocycles. The van der Waals surface area contributed by atoms with Crippen LogP contribution in [0.3, 0.4) is 0 Å². The molecule has 3 heterocycles. The minimum absolute atomic E-state index is 0.240. The molecular formula is C10H10N6OS. The van der Waals surface area contributed by atoms with Gasteiger partial charge in [0.15, 0.2) is 10.3 Å². The highest BCUT2D eigenvalue weighted by Gasteiger charge is 2.08. The average Bonchev–Trinajstić information content (AvgIpc) is 2.85. The monoisotopic (exact) mass is 262 g/mol. The molecule has 7 nitrogen and oxygen atoms in total. The van der Waals surface area contributed by atoms with Crippen LogP contribution in [-0.2, 0) is 7.05 Å². The maximum absolute atomic E-state index is 11.8. The highest BCUT2D eigenvalue weighted by atomic mass is 32.1. The normalized spacial score (nSPS) is 11.0. The van der Waals surface area contributed by atoms with E-state index in [1.807, 2.05) is 14.0 Å². The van der Waals surface area contributed by atoms with Gasteiger partial charge in [-0.05, 0) is 6.92 Å². The molecule has 0 unspecified atom stereocenters. The molecule has 0 amide bonds. The van der Waals surface area contributed by atoms with E-state index in [4.69, 9.17) is 0 Å². The lowest BCUT2D eigenvalue weighted by molar-refractivity contribution is 0.768. The van der Waals surface area contributed by atoms with Crippen molar-refractivity contribution in [2.24, 2.45) is 7.05 Å². The molecule has 0 radical (unpaired) electrons. The number of aromatic amines is 1. The van der Waals surface area contributed by atoms with Crippen molar-refractivity contribution in [2.75, 3.05) is 5.32 Å². The summed E-state index contributed by atoms with van der Waals surface area (Å²) in [5.41, 5.74) is 0.909. The minimum atomic E-state index is -0.240. The van der Waals surface area contributed by atoms with Crippen LogP contribution in [0.2, 0.25) is 0 Å². The smallest absolute Gasteiger partial charge is 0.279 e. The van der Waals surface area contributed by atoms with Crippen LogP contribution >= 0.6 is 11.3 Å². The van der Waals surface area contributed by atoms with E-state index < -0.39 is 0 Å². The fraction of sp³-hybridized carbons (Fsp3) is 0.200. The van der Waals surface area contributed by atoms with Crippen LogP contribution in [-0.4, -0.2) is 24.7 Å². The molecule has 0 aliphatic rings. The van der Waals surface area contributed by atoms with Crippen molar-refractivity contribution in [2.45, 2.75) is 6.92 Å². The third kappa shape index (κ3) is 1.86. The molecule has 0 aliphatic carbocycles. The van der Waals surface area contributed by atoms with Gasteiger partial charge in [-0.15, -0.1) is 0 Å². The van der Waals surface area contributed by atoms with Crippen LogP contribution in [0.5, 0.6) is 0 Å². The summed E-state index contributed by atoms with van der Waals surface area (Å²) in [5, 5.41) is 7.84. The van der Waals surface area contributed by atoms with Crippen molar-refractivity contribution in [3.63, 3.8) is 0 Å². The Morgan fingerprint density at radius 1 is 1.44 bits per heavy atom. The van der Waals surface area contributed by atoms with Gasteiger partial charge in [0.25, 0.3) is 5.56 Å². The molecule has 0 spiro atoms. The van der Waals surface area contributed by atoms with Crippen LogP contribution in [0, 0.1) is 6.92 Å². The molecule has 0 saturated heterocycles. The van der Waals surface area contributed by atoms with E-state index in [-0.39, 0.29) is 5.56 Å². The number of fused-ring (bicyclic) bond motifs is 1. The van der Waals surface area contributed by atoms with Gasteiger partial charge < -0.3 is 5.32 Å². The summed E-state index contributed by atoms with van der Waals surface area (Å²) in [4.78, 5) is 23.5. The molecule has 0 saturated carbocycles. The first-order valence-electron chi connectivity index (χ1n) is 5.25. The average molecular weight is 262 g/mol. The van der Waals surface area contributed by atoms with Crippen LogP contribution in [0.4, 0.5) is 11.6 Å². The van der Waals surface area contributed by atoms with Crippen molar-refractivity contribution in [1.82, 2.24) is 24.7 Å². The standard InChI is InChI=1S/C10H10N6OS/c1-5-12-7-8(17)14-10(15-9(7)18-5)13-6-3-11-16(2)4-6/h3-4H,1-2H3,(H2,13,14,15,17). The quantitative estimate of drug-likeness (QED) is 0.723.